The van der Waals surface area contributed by atoms with E-state index in [1.54, 1.807) is 7.11 Å². The Kier molecular flexibility index (Phi) is 6.16. The van der Waals surface area contributed by atoms with Crippen molar-refractivity contribution in [2.24, 2.45) is 0 Å². The van der Waals surface area contributed by atoms with Crippen LogP contribution in [-0.4, -0.2) is 31.0 Å². The highest BCUT2D eigenvalue weighted by atomic mass is 16.5. The number of carbonyl (C=O) groups is 1. The van der Waals surface area contributed by atoms with E-state index in [1.165, 1.54) is 12.8 Å². The predicted octanol–water partition coefficient (Wildman–Crippen LogP) is 4.60. The molecule has 1 heterocycles. The first-order valence-electron chi connectivity index (χ1n) is 9.33. The number of ether oxygens (including phenoxy) is 2. The molecule has 3 rings (SSSR count). The van der Waals surface area contributed by atoms with E-state index in [4.69, 9.17) is 9.47 Å². The van der Waals surface area contributed by atoms with Crippen LogP contribution >= 0.6 is 0 Å². The quantitative estimate of drug-likeness (QED) is 0.788. The Labute approximate surface area is 155 Å². The minimum absolute atomic E-state index is 0.103. The molecule has 1 aliphatic heterocycles. The normalized spacial score (nSPS) is 14.6. The van der Waals surface area contributed by atoms with Gasteiger partial charge in [-0.25, -0.2) is 0 Å². The van der Waals surface area contributed by atoms with Crippen LogP contribution < -0.4 is 9.47 Å². The number of aryl methyl sites for hydroxylation is 1. The van der Waals surface area contributed by atoms with Crippen molar-refractivity contribution in [2.75, 3.05) is 20.2 Å². The van der Waals surface area contributed by atoms with Gasteiger partial charge in [-0.15, -0.1) is 0 Å². The first kappa shape index (κ1) is 18.3. The predicted molar refractivity (Wildman–Crippen MR) is 103 cm³/mol. The van der Waals surface area contributed by atoms with E-state index in [1.807, 2.05) is 54.3 Å². The summed E-state index contributed by atoms with van der Waals surface area (Å²) in [5.74, 6) is 1.69. The van der Waals surface area contributed by atoms with Crippen molar-refractivity contribution in [3.05, 3.63) is 59.2 Å². The number of benzene rings is 2. The standard InChI is InChI=1S/C22H27NO3/c1-17-9-5-6-10-20(17)26-16-19-15-18(11-12-21(19)25-2)22(24)23-13-7-3-4-8-14-23/h5-6,9-12,15H,3-4,7-8,13-14,16H2,1-2H3. The van der Waals surface area contributed by atoms with Gasteiger partial charge < -0.3 is 14.4 Å². The van der Waals surface area contributed by atoms with Crippen molar-refractivity contribution >= 4 is 5.91 Å². The van der Waals surface area contributed by atoms with Crippen molar-refractivity contribution in [2.45, 2.75) is 39.2 Å². The summed E-state index contributed by atoms with van der Waals surface area (Å²) in [6.45, 7) is 4.08. The van der Waals surface area contributed by atoms with E-state index >= 15 is 0 Å². The average Bonchev–Trinajstić information content (AvgIpc) is 2.96. The lowest BCUT2D eigenvalue weighted by molar-refractivity contribution is 0.0761. The van der Waals surface area contributed by atoms with Crippen LogP contribution in [0.2, 0.25) is 0 Å². The fraction of sp³-hybridized carbons (Fsp3) is 0.409. The number of hydrogen-bond donors (Lipinski definition) is 0. The van der Waals surface area contributed by atoms with Crippen LogP contribution in [0, 0.1) is 6.92 Å². The summed E-state index contributed by atoms with van der Waals surface area (Å²) in [6.07, 6.45) is 4.60. The van der Waals surface area contributed by atoms with Crippen LogP contribution in [0.25, 0.3) is 0 Å². The lowest BCUT2D eigenvalue weighted by Crippen LogP contribution is -2.31. The van der Waals surface area contributed by atoms with E-state index < -0.39 is 0 Å². The second-order valence-corrected chi connectivity index (χ2v) is 6.79. The second kappa shape index (κ2) is 8.75. The molecule has 26 heavy (non-hydrogen) atoms. The molecule has 4 nitrogen and oxygen atoms in total. The summed E-state index contributed by atoms with van der Waals surface area (Å²) < 4.78 is 11.4. The van der Waals surface area contributed by atoms with Crippen LogP contribution in [0.4, 0.5) is 0 Å². The molecule has 138 valence electrons. The molecule has 4 heteroatoms. The van der Waals surface area contributed by atoms with Crippen LogP contribution in [0.15, 0.2) is 42.5 Å². The van der Waals surface area contributed by atoms with Gasteiger partial charge in [0.25, 0.3) is 5.91 Å². The van der Waals surface area contributed by atoms with E-state index in [2.05, 4.69) is 0 Å². The summed E-state index contributed by atoms with van der Waals surface area (Å²) in [7, 11) is 1.64. The number of likely N-dealkylation sites (tertiary alicyclic amines) is 1. The fourth-order valence-electron chi connectivity index (χ4n) is 3.35. The van der Waals surface area contributed by atoms with Crippen LogP contribution in [0.1, 0.15) is 47.2 Å². The largest absolute Gasteiger partial charge is 0.496 e. The Morgan fingerprint density at radius 1 is 1.00 bits per heavy atom. The Morgan fingerprint density at radius 2 is 1.73 bits per heavy atom. The fourth-order valence-corrected chi connectivity index (χ4v) is 3.35. The van der Waals surface area contributed by atoms with Crippen molar-refractivity contribution < 1.29 is 14.3 Å². The lowest BCUT2D eigenvalue weighted by atomic mass is 10.1. The van der Waals surface area contributed by atoms with Crippen LogP contribution in [0.3, 0.4) is 0 Å². The maximum Gasteiger partial charge on any atom is 0.253 e. The zero-order valence-corrected chi connectivity index (χ0v) is 15.7. The Hall–Kier alpha value is -2.49. The highest BCUT2D eigenvalue weighted by Gasteiger charge is 2.19. The molecular weight excluding hydrogens is 326 g/mol. The Balaban J connectivity index is 1.77. The molecule has 0 unspecified atom stereocenters. The molecule has 0 aromatic heterocycles. The summed E-state index contributed by atoms with van der Waals surface area (Å²) in [5.41, 5.74) is 2.68. The lowest BCUT2D eigenvalue weighted by Gasteiger charge is -2.21. The first-order valence-corrected chi connectivity index (χ1v) is 9.33. The van der Waals surface area contributed by atoms with Crippen molar-refractivity contribution in [1.29, 1.82) is 0 Å². The maximum atomic E-state index is 12.9. The summed E-state index contributed by atoms with van der Waals surface area (Å²) >= 11 is 0. The molecular formula is C22H27NO3. The molecule has 0 aliphatic carbocycles. The van der Waals surface area contributed by atoms with E-state index in [0.29, 0.717) is 12.2 Å². The maximum absolute atomic E-state index is 12.9. The molecule has 2 aromatic rings. The van der Waals surface area contributed by atoms with Gasteiger partial charge in [-0.3, -0.25) is 4.79 Å². The Bertz CT molecular complexity index is 749. The number of methoxy groups -OCH3 is 1. The SMILES string of the molecule is COc1ccc(C(=O)N2CCCCCC2)cc1COc1ccccc1C. The number of hydrogen-bond acceptors (Lipinski definition) is 3. The number of amides is 1. The minimum atomic E-state index is 0.103. The van der Waals surface area contributed by atoms with Gasteiger partial charge in [0, 0.05) is 24.2 Å². The molecule has 1 saturated heterocycles. The highest BCUT2D eigenvalue weighted by molar-refractivity contribution is 5.94. The average molecular weight is 353 g/mol. The topological polar surface area (TPSA) is 38.8 Å². The van der Waals surface area contributed by atoms with Crippen molar-refractivity contribution in [3.63, 3.8) is 0 Å². The molecule has 1 aliphatic rings. The molecule has 1 amide bonds. The van der Waals surface area contributed by atoms with Crippen LogP contribution in [0.5, 0.6) is 11.5 Å². The molecule has 0 saturated carbocycles. The van der Waals surface area contributed by atoms with Crippen molar-refractivity contribution in [1.82, 2.24) is 4.90 Å². The minimum Gasteiger partial charge on any atom is -0.496 e. The summed E-state index contributed by atoms with van der Waals surface area (Å²) in [4.78, 5) is 14.9. The van der Waals surface area contributed by atoms with Gasteiger partial charge in [-0.2, -0.15) is 0 Å². The van der Waals surface area contributed by atoms with Gasteiger partial charge in [0.2, 0.25) is 0 Å². The third kappa shape index (κ3) is 4.37. The molecule has 0 radical (unpaired) electrons. The van der Waals surface area contributed by atoms with E-state index in [0.717, 1.165) is 48.6 Å². The van der Waals surface area contributed by atoms with Crippen LogP contribution in [-0.2, 0) is 6.61 Å². The van der Waals surface area contributed by atoms with Gasteiger partial charge in [-0.05, 0) is 49.6 Å². The van der Waals surface area contributed by atoms with Gasteiger partial charge in [-0.1, -0.05) is 31.0 Å². The van der Waals surface area contributed by atoms with E-state index in [-0.39, 0.29) is 5.91 Å². The summed E-state index contributed by atoms with van der Waals surface area (Å²) in [5, 5.41) is 0. The Morgan fingerprint density at radius 3 is 2.42 bits per heavy atom. The summed E-state index contributed by atoms with van der Waals surface area (Å²) in [6, 6.07) is 13.5. The third-order valence-corrected chi connectivity index (χ3v) is 4.90. The third-order valence-electron chi connectivity index (χ3n) is 4.90. The number of rotatable bonds is 5. The zero-order valence-electron chi connectivity index (χ0n) is 15.7. The second-order valence-electron chi connectivity index (χ2n) is 6.79. The van der Waals surface area contributed by atoms with Gasteiger partial charge in [0.1, 0.15) is 18.1 Å². The van der Waals surface area contributed by atoms with Crippen molar-refractivity contribution in [3.8, 4) is 11.5 Å². The molecule has 0 atom stereocenters. The monoisotopic (exact) mass is 353 g/mol. The smallest absolute Gasteiger partial charge is 0.253 e. The molecule has 0 N–H and O–H groups in total. The molecule has 0 spiro atoms. The zero-order chi connectivity index (χ0) is 18.4. The number of nitrogens with zero attached hydrogens (tertiary/aromatic N) is 1. The molecule has 0 bridgehead atoms. The van der Waals surface area contributed by atoms with Gasteiger partial charge in [0.05, 0.1) is 7.11 Å². The molecule has 2 aromatic carbocycles. The molecule has 1 fully saturated rings. The van der Waals surface area contributed by atoms with Gasteiger partial charge in [0.15, 0.2) is 0 Å². The highest BCUT2D eigenvalue weighted by Crippen LogP contribution is 2.25. The number of carbonyl (C=O) groups excluding carboxylic acids is 1. The van der Waals surface area contributed by atoms with Gasteiger partial charge >= 0.3 is 0 Å². The first-order chi connectivity index (χ1) is 12.7. The van der Waals surface area contributed by atoms with E-state index in [9.17, 15) is 4.79 Å². The number of para-hydroxylation sites is 1.